The first-order valence-corrected chi connectivity index (χ1v) is 5.65. The van der Waals surface area contributed by atoms with Gasteiger partial charge in [0.25, 0.3) is 0 Å². The molecule has 6 nitrogen and oxygen atoms in total. The van der Waals surface area contributed by atoms with Gasteiger partial charge in [0.2, 0.25) is 6.41 Å². The molecule has 2 aliphatic heterocycles. The smallest absolute Gasteiger partial charge is 0.213 e. The van der Waals surface area contributed by atoms with Crippen molar-refractivity contribution < 1.29 is 18.9 Å². The molecule has 0 bridgehead atoms. The fourth-order valence-corrected chi connectivity index (χ4v) is 2.19. The quantitative estimate of drug-likeness (QED) is 0.673. The molecule has 0 aromatic heterocycles. The van der Waals surface area contributed by atoms with E-state index in [9.17, 15) is 0 Å². The highest BCUT2D eigenvalue weighted by Gasteiger charge is 2.46. The zero-order chi connectivity index (χ0) is 11.4. The molecular formula is C10H20N2O4. The second-order valence-electron chi connectivity index (χ2n) is 4.41. The summed E-state index contributed by atoms with van der Waals surface area (Å²) in [6.07, 6.45) is 1.29. The second kappa shape index (κ2) is 5.39. The van der Waals surface area contributed by atoms with Gasteiger partial charge in [0.05, 0.1) is 31.3 Å². The van der Waals surface area contributed by atoms with Crippen LogP contribution in [0, 0.1) is 5.41 Å². The lowest BCUT2D eigenvalue weighted by atomic mass is 9.81. The molecule has 94 valence electrons. The Kier molecular flexibility index (Phi) is 4.12. The standard InChI is InChI=1S/C10H20N2O4/c11-3-1-2-8-10(4-13-7-16-8)5-14-9(12)15-6-10/h8-9H,1-7,11-12H2. The Labute approximate surface area is 95.1 Å². The van der Waals surface area contributed by atoms with Crippen LogP contribution in [0.3, 0.4) is 0 Å². The van der Waals surface area contributed by atoms with E-state index in [-0.39, 0.29) is 11.5 Å². The summed E-state index contributed by atoms with van der Waals surface area (Å²) in [5.74, 6) is 0. The maximum atomic E-state index is 5.63. The predicted octanol–water partition coefficient (Wildman–Crippen LogP) is -0.626. The molecule has 0 aromatic carbocycles. The third-order valence-electron chi connectivity index (χ3n) is 3.17. The number of nitrogens with two attached hydrogens (primary N) is 2. The summed E-state index contributed by atoms with van der Waals surface area (Å²) in [6, 6.07) is 0. The molecule has 2 heterocycles. The lowest BCUT2D eigenvalue weighted by Gasteiger charge is -2.46. The van der Waals surface area contributed by atoms with Crippen molar-refractivity contribution in [2.75, 3.05) is 33.2 Å². The Bertz CT molecular complexity index is 219. The van der Waals surface area contributed by atoms with E-state index in [0.29, 0.717) is 33.2 Å². The Morgan fingerprint density at radius 2 is 1.88 bits per heavy atom. The molecule has 2 aliphatic rings. The molecule has 4 N–H and O–H groups in total. The van der Waals surface area contributed by atoms with Crippen LogP contribution in [-0.2, 0) is 18.9 Å². The third kappa shape index (κ3) is 2.53. The van der Waals surface area contributed by atoms with Crippen LogP contribution in [0.4, 0.5) is 0 Å². The maximum Gasteiger partial charge on any atom is 0.213 e. The van der Waals surface area contributed by atoms with Gasteiger partial charge in [-0.1, -0.05) is 0 Å². The largest absolute Gasteiger partial charge is 0.355 e. The average molecular weight is 232 g/mol. The Balaban J connectivity index is 1.97. The van der Waals surface area contributed by atoms with Crippen LogP contribution in [-0.4, -0.2) is 45.7 Å². The molecule has 2 saturated heterocycles. The monoisotopic (exact) mass is 232 g/mol. The van der Waals surface area contributed by atoms with E-state index in [1.165, 1.54) is 0 Å². The minimum absolute atomic E-state index is 0.0808. The fourth-order valence-electron chi connectivity index (χ4n) is 2.19. The summed E-state index contributed by atoms with van der Waals surface area (Å²) >= 11 is 0. The van der Waals surface area contributed by atoms with Crippen molar-refractivity contribution in [1.29, 1.82) is 0 Å². The van der Waals surface area contributed by atoms with Crippen molar-refractivity contribution in [3.63, 3.8) is 0 Å². The summed E-state index contributed by atoms with van der Waals surface area (Å²) < 4.78 is 21.7. The number of hydrogen-bond acceptors (Lipinski definition) is 6. The molecule has 0 aromatic rings. The minimum atomic E-state index is -0.622. The molecule has 0 saturated carbocycles. The van der Waals surface area contributed by atoms with Crippen molar-refractivity contribution >= 4 is 0 Å². The Hall–Kier alpha value is -0.240. The predicted molar refractivity (Wildman–Crippen MR) is 56.3 cm³/mol. The first-order chi connectivity index (χ1) is 7.77. The number of rotatable bonds is 3. The van der Waals surface area contributed by atoms with E-state index in [1.807, 2.05) is 0 Å². The van der Waals surface area contributed by atoms with Gasteiger partial charge < -0.3 is 24.7 Å². The highest BCUT2D eigenvalue weighted by Crippen LogP contribution is 2.35. The highest BCUT2D eigenvalue weighted by atomic mass is 16.7. The van der Waals surface area contributed by atoms with Crippen molar-refractivity contribution in [2.24, 2.45) is 16.9 Å². The van der Waals surface area contributed by atoms with E-state index in [2.05, 4.69) is 0 Å². The van der Waals surface area contributed by atoms with Crippen molar-refractivity contribution in [3.05, 3.63) is 0 Å². The number of hydrogen-bond donors (Lipinski definition) is 2. The summed E-state index contributed by atoms with van der Waals surface area (Å²) in [6.45, 7) is 2.63. The van der Waals surface area contributed by atoms with Gasteiger partial charge in [-0.2, -0.15) is 0 Å². The molecule has 0 aliphatic carbocycles. The molecule has 6 heteroatoms. The molecule has 1 unspecified atom stereocenters. The van der Waals surface area contributed by atoms with Crippen molar-refractivity contribution in [3.8, 4) is 0 Å². The first kappa shape index (κ1) is 12.2. The van der Waals surface area contributed by atoms with Gasteiger partial charge in [-0.05, 0) is 19.4 Å². The summed E-state index contributed by atoms with van der Waals surface area (Å²) in [4.78, 5) is 0. The molecular weight excluding hydrogens is 212 g/mol. The van der Waals surface area contributed by atoms with Crippen molar-refractivity contribution in [2.45, 2.75) is 25.4 Å². The van der Waals surface area contributed by atoms with Crippen LogP contribution in [0.5, 0.6) is 0 Å². The maximum absolute atomic E-state index is 5.63. The van der Waals surface area contributed by atoms with E-state index >= 15 is 0 Å². The lowest BCUT2D eigenvalue weighted by Crippen LogP contribution is -2.57. The molecule has 1 spiro atoms. The second-order valence-corrected chi connectivity index (χ2v) is 4.41. The van der Waals surface area contributed by atoms with Gasteiger partial charge in [0.1, 0.15) is 6.79 Å². The third-order valence-corrected chi connectivity index (χ3v) is 3.17. The van der Waals surface area contributed by atoms with E-state index < -0.39 is 6.41 Å². The summed E-state index contributed by atoms with van der Waals surface area (Å²) in [7, 11) is 0. The van der Waals surface area contributed by atoms with Crippen molar-refractivity contribution in [1.82, 2.24) is 0 Å². The summed E-state index contributed by atoms with van der Waals surface area (Å²) in [5.41, 5.74) is 10.8. The molecule has 0 amide bonds. The SMILES string of the molecule is NCCCC1OCOCC12COC(N)OC2. The van der Waals surface area contributed by atoms with Gasteiger partial charge in [-0.15, -0.1) is 0 Å². The van der Waals surface area contributed by atoms with Crippen LogP contribution < -0.4 is 11.5 Å². The summed E-state index contributed by atoms with van der Waals surface area (Å²) in [5, 5.41) is 0. The van der Waals surface area contributed by atoms with Gasteiger partial charge in [-0.25, -0.2) is 0 Å². The van der Waals surface area contributed by atoms with Crippen LogP contribution in [0.1, 0.15) is 12.8 Å². The van der Waals surface area contributed by atoms with E-state index in [1.54, 1.807) is 0 Å². The zero-order valence-electron chi connectivity index (χ0n) is 9.39. The molecule has 2 rings (SSSR count). The van der Waals surface area contributed by atoms with Crippen LogP contribution in [0.15, 0.2) is 0 Å². The van der Waals surface area contributed by atoms with Crippen LogP contribution in [0.2, 0.25) is 0 Å². The van der Waals surface area contributed by atoms with Gasteiger partial charge >= 0.3 is 0 Å². The Morgan fingerprint density at radius 1 is 1.12 bits per heavy atom. The van der Waals surface area contributed by atoms with E-state index in [0.717, 1.165) is 12.8 Å². The van der Waals surface area contributed by atoms with E-state index in [4.69, 9.17) is 30.4 Å². The molecule has 0 radical (unpaired) electrons. The molecule has 2 fully saturated rings. The zero-order valence-corrected chi connectivity index (χ0v) is 9.39. The average Bonchev–Trinajstić information content (AvgIpc) is 2.32. The topological polar surface area (TPSA) is 89.0 Å². The number of ether oxygens (including phenoxy) is 4. The highest BCUT2D eigenvalue weighted by molar-refractivity contribution is 4.90. The lowest BCUT2D eigenvalue weighted by molar-refractivity contribution is -0.302. The van der Waals surface area contributed by atoms with Gasteiger partial charge in [-0.3, -0.25) is 5.73 Å². The minimum Gasteiger partial charge on any atom is -0.355 e. The van der Waals surface area contributed by atoms with Gasteiger partial charge in [0, 0.05) is 0 Å². The molecule has 16 heavy (non-hydrogen) atoms. The van der Waals surface area contributed by atoms with Crippen LogP contribution >= 0.6 is 0 Å². The van der Waals surface area contributed by atoms with Crippen LogP contribution in [0.25, 0.3) is 0 Å². The van der Waals surface area contributed by atoms with Gasteiger partial charge in [0.15, 0.2) is 0 Å². The fraction of sp³-hybridized carbons (Fsp3) is 1.00. The first-order valence-electron chi connectivity index (χ1n) is 5.65. The Morgan fingerprint density at radius 3 is 2.56 bits per heavy atom. The normalized spacial score (nSPS) is 40.1. The molecule has 1 atom stereocenters.